The van der Waals surface area contributed by atoms with Crippen LogP contribution in [0.5, 0.6) is 0 Å². The maximum Gasteiger partial charge on any atom is 0.0946 e. The van der Waals surface area contributed by atoms with Crippen LogP contribution in [0.3, 0.4) is 0 Å². The SMILES string of the molecule is CCCC1(Cc2nc(C(C)(C)C)cs2)CCCCCN1. The summed E-state index contributed by atoms with van der Waals surface area (Å²) < 4.78 is 0. The van der Waals surface area contributed by atoms with Crippen LogP contribution in [0, 0.1) is 0 Å². The van der Waals surface area contributed by atoms with Crippen molar-refractivity contribution in [2.24, 2.45) is 0 Å². The first-order valence-corrected chi connectivity index (χ1v) is 9.03. The van der Waals surface area contributed by atoms with Gasteiger partial charge in [-0.25, -0.2) is 4.98 Å². The molecule has 0 aliphatic carbocycles. The lowest BCUT2D eigenvalue weighted by Gasteiger charge is -2.33. The number of nitrogens with zero attached hydrogens (tertiary/aromatic N) is 1. The topological polar surface area (TPSA) is 24.9 Å². The number of nitrogens with one attached hydrogen (secondary N) is 1. The van der Waals surface area contributed by atoms with Crippen molar-refractivity contribution in [3.8, 4) is 0 Å². The van der Waals surface area contributed by atoms with Crippen molar-refractivity contribution >= 4 is 11.3 Å². The van der Waals surface area contributed by atoms with E-state index in [1.807, 2.05) is 11.3 Å². The lowest BCUT2D eigenvalue weighted by Crippen LogP contribution is -2.46. The fourth-order valence-electron chi connectivity index (χ4n) is 3.16. The van der Waals surface area contributed by atoms with E-state index >= 15 is 0 Å². The van der Waals surface area contributed by atoms with E-state index in [0.29, 0.717) is 5.54 Å². The van der Waals surface area contributed by atoms with Gasteiger partial charge in [0.1, 0.15) is 0 Å². The molecule has 1 aromatic rings. The Kier molecular flexibility index (Phi) is 5.25. The molecule has 1 saturated heterocycles. The predicted molar refractivity (Wildman–Crippen MR) is 88.6 cm³/mol. The molecule has 0 aromatic carbocycles. The highest BCUT2D eigenvalue weighted by molar-refractivity contribution is 7.09. The van der Waals surface area contributed by atoms with Gasteiger partial charge in [-0.05, 0) is 25.8 Å². The van der Waals surface area contributed by atoms with Crippen LogP contribution in [0.4, 0.5) is 0 Å². The van der Waals surface area contributed by atoms with Gasteiger partial charge >= 0.3 is 0 Å². The minimum Gasteiger partial charge on any atom is -0.311 e. The third-order valence-corrected chi connectivity index (χ3v) is 5.22. The van der Waals surface area contributed by atoms with Gasteiger partial charge in [0.25, 0.3) is 0 Å². The summed E-state index contributed by atoms with van der Waals surface area (Å²) in [4.78, 5) is 4.91. The molecule has 3 heteroatoms. The molecule has 20 heavy (non-hydrogen) atoms. The molecule has 114 valence electrons. The minimum absolute atomic E-state index is 0.170. The first-order chi connectivity index (χ1) is 9.45. The van der Waals surface area contributed by atoms with Crippen LogP contribution in [0.2, 0.25) is 0 Å². The summed E-state index contributed by atoms with van der Waals surface area (Å²) in [6.45, 7) is 10.2. The van der Waals surface area contributed by atoms with Gasteiger partial charge in [0.15, 0.2) is 0 Å². The van der Waals surface area contributed by atoms with Crippen LogP contribution in [0.15, 0.2) is 5.38 Å². The molecule has 1 aromatic heterocycles. The van der Waals surface area contributed by atoms with E-state index < -0.39 is 0 Å². The van der Waals surface area contributed by atoms with Gasteiger partial charge in [-0.15, -0.1) is 11.3 Å². The molecule has 1 aliphatic heterocycles. The Morgan fingerprint density at radius 2 is 2.10 bits per heavy atom. The van der Waals surface area contributed by atoms with Gasteiger partial charge in [0.2, 0.25) is 0 Å². The second-order valence-electron chi connectivity index (χ2n) is 7.32. The summed E-state index contributed by atoms with van der Waals surface area (Å²) >= 11 is 1.85. The van der Waals surface area contributed by atoms with Crippen molar-refractivity contribution in [1.29, 1.82) is 0 Å². The first-order valence-electron chi connectivity index (χ1n) is 8.15. The molecule has 0 radical (unpaired) electrons. The van der Waals surface area contributed by atoms with Crippen LogP contribution in [0.25, 0.3) is 0 Å². The second kappa shape index (κ2) is 6.57. The third kappa shape index (κ3) is 4.05. The molecule has 1 atom stereocenters. The van der Waals surface area contributed by atoms with Crippen LogP contribution >= 0.6 is 11.3 Å². The summed E-state index contributed by atoms with van der Waals surface area (Å²) in [5, 5.41) is 7.43. The molecule has 0 bridgehead atoms. The highest BCUT2D eigenvalue weighted by Gasteiger charge is 2.31. The molecule has 0 saturated carbocycles. The van der Waals surface area contributed by atoms with E-state index in [1.54, 1.807) is 0 Å². The molecule has 2 rings (SSSR count). The van der Waals surface area contributed by atoms with Gasteiger partial charge in [-0.2, -0.15) is 0 Å². The summed E-state index contributed by atoms with van der Waals surface area (Å²) in [6.07, 6.45) is 9.03. The molecule has 0 amide bonds. The third-order valence-electron chi connectivity index (χ3n) is 4.37. The zero-order chi connectivity index (χ0) is 14.6. The van der Waals surface area contributed by atoms with E-state index in [0.717, 1.165) is 6.42 Å². The minimum atomic E-state index is 0.170. The smallest absolute Gasteiger partial charge is 0.0946 e. The zero-order valence-corrected chi connectivity index (χ0v) is 14.4. The molecule has 2 nitrogen and oxygen atoms in total. The number of aromatic nitrogens is 1. The van der Waals surface area contributed by atoms with Crippen molar-refractivity contribution in [2.45, 2.75) is 83.6 Å². The second-order valence-corrected chi connectivity index (χ2v) is 8.26. The molecule has 2 heterocycles. The van der Waals surface area contributed by atoms with Gasteiger partial charge in [-0.3, -0.25) is 0 Å². The standard InChI is InChI=1S/C17H30N2S/c1-5-9-17(10-7-6-8-11-18-17)12-15-19-14(13-20-15)16(2,3)4/h13,18H,5-12H2,1-4H3. The lowest BCUT2D eigenvalue weighted by molar-refractivity contribution is 0.287. The molecular weight excluding hydrogens is 264 g/mol. The van der Waals surface area contributed by atoms with Gasteiger partial charge in [0, 0.05) is 22.8 Å². The molecular formula is C17H30N2S. The van der Waals surface area contributed by atoms with Crippen molar-refractivity contribution in [2.75, 3.05) is 6.54 Å². The summed E-state index contributed by atoms with van der Waals surface area (Å²) in [5.41, 5.74) is 1.72. The van der Waals surface area contributed by atoms with E-state index in [4.69, 9.17) is 4.98 Å². The van der Waals surface area contributed by atoms with Crippen LogP contribution < -0.4 is 5.32 Å². The Bertz CT molecular complexity index is 409. The van der Waals surface area contributed by atoms with Gasteiger partial charge in [-0.1, -0.05) is 47.0 Å². The van der Waals surface area contributed by atoms with Gasteiger partial charge < -0.3 is 5.32 Å². The molecule has 1 N–H and O–H groups in total. The monoisotopic (exact) mass is 294 g/mol. The number of hydrogen-bond donors (Lipinski definition) is 1. The normalized spacial score (nSPS) is 24.6. The number of hydrogen-bond acceptors (Lipinski definition) is 3. The Hall–Kier alpha value is -0.410. The van der Waals surface area contributed by atoms with Crippen molar-refractivity contribution in [3.63, 3.8) is 0 Å². The zero-order valence-electron chi connectivity index (χ0n) is 13.6. The van der Waals surface area contributed by atoms with E-state index in [2.05, 4.69) is 38.4 Å². The Morgan fingerprint density at radius 1 is 1.30 bits per heavy atom. The van der Waals surface area contributed by atoms with Crippen LogP contribution in [0.1, 0.15) is 76.9 Å². The maximum absolute atomic E-state index is 4.91. The number of thiazole rings is 1. The summed E-state index contributed by atoms with van der Waals surface area (Å²) in [5.74, 6) is 0. The molecule has 1 unspecified atom stereocenters. The Balaban J connectivity index is 2.13. The highest BCUT2D eigenvalue weighted by atomic mass is 32.1. The maximum atomic E-state index is 4.91. The lowest BCUT2D eigenvalue weighted by atomic mass is 9.85. The summed E-state index contributed by atoms with van der Waals surface area (Å²) in [6, 6.07) is 0. The van der Waals surface area contributed by atoms with Crippen LogP contribution in [-0.2, 0) is 11.8 Å². The molecule has 1 fully saturated rings. The van der Waals surface area contributed by atoms with Crippen molar-refractivity contribution in [3.05, 3.63) is 16.1 Å². The highest BCUT2D eigenvalue weighted by Crippen LogP contribution is 2.31. The largest absolute Gasteiger partial charge is 0.311 e. The average Bonchev–Trinajstić information content (AvgIpc) is 2.71. The summed E-state index contributed by atoms with van der Waals surface area (Å²) in [7, 11) is 0. The molecule has 0 spiro atoms. The first kappa shape index (κ1) is 16.0. The Morgan fingerprint density at radius 3 is 2.75 bits per heavy atom. The fraction of sp³-hybridized carbons (Fsp3) is 0.824. The van der Waals surface area contributed by atoms with Gasteiger partial charge in [0.05, 0.1) is 10.7 Å². The van der Waals surface area contributed by atoms with Crippen molar-refractivity contribution in [1.82, 2.24) is 10.3 Å². The molecule has 1 aliphatic rings. The number of rotatable bonds is 4. The quantitative estimate of drug-likeness (QED) is 0.871. The fourth-order valence-corrected chi connectivity index (χ4v) is 4.33. The van der Waals surface area contributed by atoms with E-state index in [-0.39, 0.29) is 5.41 Å². The predicted octanol–water partition coefficient (Wildman–Crippen LogP) is 4.69. The Labute approximate surface area is 128 Å². The van der Waals surface area contributed by atoms with Crippen LogP contribution in [-0.4, -0.2) is 17.1 Å². The van der Waals surface area contributed by atoms with E-state index in [1.165, 1.54) is 55.8 Å². The van der Waals surface area contributed by atoms with Crippen molar-refractivity contribution < 1.29 is 0 Å². The van der Waals surface area contributed by atoms with E-state index in [9.17, 15) is 0 Å². The average molecular weight is 295 g/mol.